The standard InChI is InChI=1S/C12H8N2O5/c15-7-13-11-3-1-9(18-11)5-17-6-10-2-4-12(19-10)14-8-16/h1-4H,5-6H2. The molecule has 0 saturated heterocycles. The van der Waals surface area contributed by atoms with Gasteiger partial charge in [-0.2, -0.15) is 0 Å². The van der Waals surface area contributed by atoms with Gasteiger partial charge in [-0.15, -0.1) is 9.98 Å². The zero-order valence-corrected chi connectivity index (χ0v) is 9.66. The van der Waals surface area contributed by atoms with E-state index >= 15 is 0 Å². The van der Waals surface area contributed by atoms with Crippen molar-refractivity contribution in [3.8, 4) is 0 Å². The molecule has 0 bridgehead atoms. The third-order valence-corrected chi connectivity index (χ3v) is 2.10. The molecule has 19 heavy (non-hydrogen) atoms. The van der Waals surface area contributed by atoms with Crippen LogP contribution in [0.3, 0.4) is 0 Å². The zero-order chi connectivity index (χ0) is 13.5. The van der Waals surface area contributed by atoms with Crippen LogP contribution in [0.1, 0.15) is 11.5 Å². The highest BCUT2D eigenvalue weighted by atomic mass is 16.5. The van der Waals surface area contributed by atoms with Crippen LogP contribution in [0.5, 0.6) is 0 Å². The van der Waals surface area contributed by atoms with Gasteiger partial charge in [0, 0.05) is 12.1 Å². The normalized spacial score (nSPS) is 9.68. The minimum absolute atomic E-state index is 0.175. The lowest BCUT2D eigenvalue weighted by Crippen LogP contribution is -1.90. The number of nitrogens with zero attached hydrogens (tertiary/aromatic N) is 2. The van der Waals surface area contributed by atoms with Crippen molar-refractivity contribution in [1.82, 2.24) is 0 Å². The van der Waals surface area contributed by atoms with Crippen LogP contribution in [-0.4, -0.2) is 12.2 Å². The first kappa shape index (κ1) is 12.7. The Labute approximate surface area is 107 Å². The topological polar surface area (TPSA) is 94.4 Å². The highest BCUT2D eigenvalue weighted by molar-refractivity contribution is 5.43. The van der Waals surface area contributed by atoms with Crippen LogP contribution in [0.25, 0.3) is 0 Å². The van der Waals surface area contributed by atoms with E-state index < -0.39 is 0 Å². The summed E-state index contributed by atoms with van der Waals surface area (Å²) in [6.45, 7) is 0.392. The molecular formula is C12H8N2O5. The highest BCUT2D eigenvalue weighted by Gasteiger charge is 2.04. The molecule has 0 amide bonds. The molecule has 0 unspecified atom stereocenters. The maximum absolute atomic E-state index is 10.0. The van der Waals surface area contributed by atoms with Crippen molar-refractivity contribution in [3.05, 3.63) is 35.8 Å². The van der Waals surface area contributed by atoms with Gasteiger partial charge < -0.3 is 13.6 Å². The molecule has 0 aliphatic heterocycles. The Kier molecular flexibility index (Phi) is 4.21. The van der Waals surface area contributed by atoms with Crippen LogP contribution >= 0.6 is 0 Å². The average Bonchev–Trinajstić information content (AvgIpc) is 3.01. The summed E-state index contributed by atoms with van der Waals surface area (Å²) in [6.07, 6.45) is 2.76. The summed E-state index contributed by atoms with van der Waals surface area (Å²) in [5, 5.41) is 0. The Morgan fingerprint density at radius 1 is 0.895 bits per heavy atom. The van der Waals surface area contributed by atoms with Gasteiger partial charge in [0.25, 0.3) is 0 Å². The summed E-state index contributed by atoms with van der Waals surface area (Å²) in [4.78, 5) is 26.7. The third-order valence-electron chi connectivity index (χ3n) is 2.10. The summed E-state index contributed by atoms with van der Waals surface area (Å²) in [5.41, 5.74) is 0. The molecule has 2 aromatic rings. The predicted molar refractivity (Wildman–Crippen MR) is 61.5 cm³/mol. The number of hydrogen-bond donors (Lipinski definition) is 0. The second kappa shape index (κ2) is 6.28. The number of isocyanates is 2. The number of ether oxygens (including phenoxy) is 1. The summed E-state index contributed by atoms with van der Waals surface area (Å²) in [6, 6.07) is 6.35. The van der Waals surface area contributed by atoms with E-state index in [1.807, 2.05) is 0 Å². The SMILES string of the molecule is O=C=Nc1ccc(COCc2ccc(N=C=O)o2)o1. The molecule has 0 fully saturated rings. The number of carbonyl (C=O) groups excluding carboxylic acids is 2. The van der Waals surface area contributed by atoms with Crippen LogP contribution in [0.4, 0.5) is 11.8 Å². The van der Waals surface area contributed by atoms with Crippen molar-refractivity contribution in [3.63, 3.8) is 0 Å². The number of rotatable bonds is 6. The zero-order valence-electron chi connectivity index (χ0n) is 9.66. The minimum atomic E-state index is 0.175. The van der Waals surface area contributed by atoms with Crippen molar-refractivity contribution in [2.75, 3.05) is 0 Å². The lowest BCUT2D eigenvalue weighted by atomic mass is 10.4. The van der Waals surface area contributed by atoms with Crippen LogP contribution in [0.15, 0.2) is 43.1 Å². The van der Waals surface area contributed by atoms with Crippen molar-refractivity contribution in [2.24, 2.45) is 9.98 Å². The van der Waals surface area contributed by atoms with Crippen LogP contribution < -0.4 is 0 Å². The number of hydrogen-bond acceptors (Lipinski definition) is 7. The van der Waals surface area contributed by atoms with Gasteiger partial charge in [0.1, 0.15) is 24.7 Å². The van der Waals surface area contributed by atoms with E-state index in [4.69, 9.17) is 13.6 Å². The Morgan fingerprint density at radius 3 is 1.79 bits per heavy atom. The van der Waals surface area contributed by atoms with Crippen molar-refractivity contribution in [1.29, 1.82) is 0 Å². The van der Waals surface area contributed by atoms with Crippen molar-refractivity contribution < 1.29 is 23.2 Å². The molecule has 0 aliphatic carbocycles. The van der Waals surface area contributed by atoms with Gasteiger partial charge in [-0.3, -0.25) is 0 Å². The molecule has 2 rings (SSSR count). The van der Waals surface area contributed by atoms with E-state index in [1.165, 1.54) is 24.3 Å². The fourth-order valence-corrected chi connectivity index (χ4v) is 1.35. The van der Waals surface area contributed by atoms with Gasteiger partial charge in [-0.05, 0) is 12.1 Å². The molecule has 2 heterocycles. The van der Waals surface area contributed by atoms with Gasteiger partial charge in [-0.1, -0.05) is 0 Å². The molecular weight excluding hydrogens is 252 g/mol. The molecule has 0 aromatic carbocycles. The quantitative estimate of drug-likeness (QED) is 0.587. The second-order valence-electron chi connectivity index (χ2n) is 3.38. The maximum atomic E-state index is 10.0. The summed E-state index contributed by atoms with van der Waals surface area (Å²) >= 11 is 0. The van der Waals surface area contributed by atoms with Crippen LogP contribution in [-0.2, 0) is 27.5 Å². The van der Waals surface area contributed by atoms with Gasteiger partial charge >= 0.3 is 0 Å². The largest absolute Gasteiger partial charge is 0.440 e. The molecule has 7 nitrogen and oxygen atoms in total. The smallest absolute Gasteiger partial charge is 0.243 e. The monoisotopic (exact) mass is 260 g/mol. The molecule has 0 N–H and O–H groups in total. The lowest BCUT2D eigenvalue weighted by Gasteiger charge is -1.98. The van der Waals surface area contributed by atoms with Crippen molar-refractivity contribution >= 4 is 23.9 Å². The summed E-state index contributed by atoms with van der Waals surface area (Å²) in [5.74, 6) is 1.39. The van der Waals surface area contributed by atoms with E-state index in [1.54, 1.807) is 12.1 Å². The molecule has 2 aromatic heterocycles. The first-order valence-electron chi connectivity index (χ1n) is 5.22. The first-order valence-corrected chi connectivity index (χ1v) is 5.22. The molecule has 0 aliphatic rings. The molecule has 96 valence electrons. The summed E-state index contributed by atoms with van der Waals surface area (Å²) in [7, 11) is 0. The van der Waals surface area contributed by atoms with E-state index in [2.05, 4.69) is 9.98 Å². The Morgan fingerprint density at radius 2 is 1.37 bits per heavy atom. The van der Waals surface area contributed by atoms with Crippen molar-refractivity contribution in [2.45, 2.75) is 13.2 Å². The molecule has 0 saturated carbocycles. The van der Waals surface area contributed by atoms with E-state index in [0.717, 1.165) is 0 Å². The highest BCUT2D eigenvalue weighted by Crippen LogP contribution is 2.19. The summed E-state index contributed by atoms with van der Waals surface area (Å²) < 4.78 is 15.6. The van der Waals surface area contributed by atoms with Gasteiger partial charge in [0.05, 0.1) is 0 Å². The van der Waals surface area contributed by atoms with Crippen LogP contribution in [0.2, 0.25) is 0 Å². The van der Waals surface area contributed by atoms with Crippen LogP contribution in [0, 0.1) is 0 Å². The van der Waals surface area contributed by atoms with Gasteiger partial charge in [0.15, 0.2) is 0 Å². The minimum Gasteiger partial charge on any atom is -0.440 e. The van der Waals surface area contributed by atoms with Gasteiger partial charge in [0.2, 0.25) is 23.9 Å². The Hall–Kier alpha value is -2.72. The number of furan rings is 2. The molecule has 0 radical (unpaired) electrons. The van der Waals surface area contributed by atoms with Gasteiger partial charge in [-0.25, -0.2) is 9.59 Å². The average molecular weight is 260 g/mol. The van der Waals surface area contributed by atoms with E-state index in [0.29, 0.717) is 11.5 Å². The third kappa shape index (κ3) is 3.62. The Bertz CT molecular complexity index is 588. The fraction of sp³-hybridized carbons (Fsp3) is 0.167. The Balaban J connectivity index is 1.84. The van der Waals surface area contributed by atoms with E-state index in [9.17, 15) is 9.59 Å². The van der Waals surface area contributed by atoms with E-state index in [-0.39, 0.29) is 25.0 Å². The molecule has 7 heteroatoms. The number of aliphatic imine (C=N–C) groups is 2. The maximum Gasteiger partial charge on any atom is 0.243 e. The molecule has 0 spiro atoms. The lowest BCUT2D eigenvalue weighted by molar-refractivity contribution is 0.0812. The fourth-order valence-electron chi connectivity index (χ4n) is 1.35. The first-order chi connectivity index (χ1) is 9.31. The molecule has 0 atom stereocenters. The predicted octanol–water partition coefficient (Wildman–Crippen LogP) is 2.52. The second-order valence-corrected chi connectivity index (χ2v) is 3.38.